The van der Waals surface area contributed by atoms with E-state index in [2.05, 4.69) is 29.2 Å². The summed E-state index contributed by atoms with van der Waals surface area (Å²) in [4.78, 5) is 2.33. The minimum Gasteiger partial charge on any atom is -0.491 e. The van der Waals surface area contributed by atoms with Crippen LogP contribution in [0, 0.1) is 26.6 Å². The molecule has 1 saturated heterocycles. The molecule has 0 radical (unpaired) electrons. The molecule has 4 nitrogen and oxygen atoms in total. The summed E-state index contributed by atoms with van der Waals surface area (Å²) in [6.45, 7) is 8.83. The minimum absolute atomic E-state index is 0. The summed E-state index contributed by atoms with van der Waals surface area (Å²) in [5, 5.41) is 10.6. The second-order valence-electron chi connectivity index (χ2n) is 9.94. The number of rotatable bonds is 8. The fraction of sp³-hybridized carbons (Fsp3) is 0.400. The normalized spacial score (nSPS) is 14.9. The Balaban J connectivity index is 0.00000241. The SMILES string of the molecule is Cc1cc(OCC(O)CN2CCC(c3ccc(Cc4ccc(F)cc4)cc3)CC2)c(C)c(C)c1N.Cl.Cl. The summed E-state index contributed by atoms with van der Waals surface area (Å²) >= 11 is 0. The molecular weight excluding hydrogens is 510 g/mol. The van der Waals surface area contributed by atoms with Crippen LogP contribution in [0.3, 0.4) is 0 Å². The van der Waals surface area contributed by atoms with Gasteiger partial charge >= 0.3 is 0 Å². The number of halogens is 3. The third kappa shape index (κ3) is 8.08. The van der Waals surface area contributed by atoms with Crippen LogP contribution in [0.2, 0.25) is 0 Å². The van der Waals surface area contributed by atoms with E-state index in [1.54, 1.807) is 0 Å². The van der Waals surface area contributed by atoms with Gasteiger partial charge in [0, 0.05) is 12.2 Å². The monoisotopic (exact) mass is 548 g/mol. The highest BCUT2D eigenvalue weighted by Crippen LogP contribution is 2.30. The van der Waals surface area contributed by atoms with Gasteiger partial charge in [0.25, 0.3) is 0 Å². The van der Waals surface area contributed by atoms with Gasteiger partial charge in [-0.25, -0.2) is 4.39 Å². The molecule has 37 heavy (non-hydrogen) atoms. The highest BCUT2D eigenvalue weighted by atomic mass is 35.5. The van der Waals surface area contributed by atoms with Crippen molar-refractivity contribution in [2.24, 2.45) is 0 Å². The molecule has 3 aromatic carbocycles. The van der Waals surface area contributed by atoms with Crippen molar-refractivity contribution in [3.63, 3.8) is 0 Å². The molecule has 0 aromatic heterocycles. The molecule has 1 heterocycles. The van der Waals surface area contributed by atoms with Gasteiger partial charge in [-0.15, -0.1) is 24.8 Å². The van der Waals surface area contributed by atoms with E-state index in [0.717, 1.165) is 66.0 Å². The third-order valence-electron chi connectivity index (χ3n) is 7.37. The van der Waals surface area contributed by atoms with E-state index in [1.165, 1.54) is 23.3 Å². The summed E-state index contributed by atoms with van der Waals surface area (Å²) in [6, 6.07) is 17.5. The first-order chi connectivity index (χ1) is 16.8. The quantitative estimate of drug-likeness (QED) is 0.320. The van der Waals surface area contributed by atoms with Crippen molar-refractivity contribution in [2.75, 3.05) is 32.0 Å². The van der Waals surface area contributed by atoms with E-state index in [-0.39, 0.29) is 37.2 Å². The van der Waals surface area contributed by atoms with Gasteiger partial charge in [0.1, 0.15) is 24.3 Å². The van der Waals surface area contributed by atoms with E-state index in [9.17, 15) is 9.50 Å². The smallest absolute Gasteiger partial charge is 0.123 e. The average Bonchev–Trinajstić information content (AvgIpc) is 2.86. The molecule has 4 rings (SSSR count). The maximum absolute atomic E-state index is 13.1. The standard InChI is InChI=1S/C30H37FN2O2.2ClH/c1-20-16-29(21(2)22(3)30(20)32)35-19-28(34)18-33-14-12-26(13-15-33)25-8-4-23(5-9-25)17-24-6-10-27(31)11-7-24;;/h4-11,16,26,28,34H,12-15,17-19,32H2,1-3H3;2*1H. The number of hydrogen-bond acceptors (Lipinski definition) is 4. The molecule has 0 amide bonds. The van der Waals surface area contributed by atoms with Crippen molar-refractivity contribution < 1.29 is 14.2 Å². The van der Waals surface area contributed by atoms with Crippen molar-refractivity contribution in [3.8, 4) is 5.75 Å². The Hall–Kier alpha value is -2.31. The topological polar surface area (TPSA) is 58.7 Å². The van der Waals surface area contributed by atoms with Gasteiger partial charge < -0.3 is 20.5 Å². The predicted octanol–water partition coefficient (Wildman–Crippen LogP) is 6.39. The Labute approximate surface area is 232 Å². The Morgan fingerprint density at radius 2 is 1.51 bits per heavy atom. The number of likely N-dealkylation sites (tertiary alicyclic amines) is 1. The number of anilines is 1. The van der Waals surface area contributed by atoms with Crippen LogP contribution in [0.1, 0.15) is 52.1 Å². The Morgan fingerprint density at radius 1 is 0.946 bits per heavy atom. The molecule has 1 unspecified atom stereocenters. The fourth-order valence-corrected chi connectivity index (χ4v) is 4.95. The number of aliphatic hydroxyl groups is 1. The number of β-amino-alcohol motifs (C(OH)–C–C–N with tert-alkyl or cyclic N) is 1. The maximum Gasteiger partial charge on any atom is 0.123 e. The molecular formula is C30H39Cl2FN2O2. The van der Waals surface area contributed by atoms with Crippen LogP contribution in [0.15, 0.2) is 54.6 Å². The van der Waals surface area contributed by atoms with Gasteiger partial charge in [-0.05, 0) is 111 Å². The number of nitrogens with zero attached hydrogens (tertiary/aromatic N) is 1. The molecule has 0 spiro atoms. The Morgan fingerprint density at radius 3 is 2.11 bits per heavy atom. The van der Waals surface area contributed by atoms with Crippen LogP contribution in [-0.4, -0.2) is 42.4 Å². The second kappa shape index (κ2) is 14.0. The lowest BCUT2D eigenvalue weighted by atomic mass is 9.88. The number of nitrogens with two attached hydrogens (primary N) is 1. The molecule has 1 fully saturated rings. The summed E-state index contributed by atoms with van der Waals surface area (Å²) in [5.74, 6) is 1.15. The van der Waals surface area contributed by atoms with E-state index < -0.39 is 6.10 Å². The Bertz CT molecular complexity index is 1130. The maximum atomic E-state index is 13.1. The first-order valence-corrected chi connectivity index (χ1v) is 12.5. The molecule has 7 heteroatoms. The number of hydrogen-bond donors (Lipinski definition) is 2. The number of aliphatic hydroxyl groups excluding tert-OH is 1. The zero-order valence-corrected chi connectivity index (χ0v) is 23.5. The zero-order valence-electron chi connectivity index (χ0n) is 21.9. The lowest BCUT2D eigenvalue weighted by Gasteiger charge is -2.33. The third-order valence-corrected chi connectivity index (χ3v) is 7.37. The number of nitrogen functional groups attached to an aromatic ring is 1. The van der Waals surface area contributed by atoms with Crippen molar-refractivity contribution in [3.05, 3.63) is 93.8 Å². The summed E-state index contributed by atoms with van der Waals surface area (Å²) in [7, 11) is 0. The highest BCUT2D eigenvalue weighted by molar-refractivity contribution is 5.85. The summed E-state index contributed by atoms with van der Waals surface area (Å²) in [6.07, 6.45) is 2.45. The second-order valence-corrected chi connectivity index (χ2v) is 9.94. The zero-order chi connectivity index (χ0) is 24.9. The Kier molecular flexibility index (Phi) is 11.7. The molecule has 0 aliphatic carbocycles. The lowest BCUT2D eigenvalue weighted by molar-refractivity contribution is 0.0592. The number of piperidine rings is 1. The van der Waals surface area contributed by atoms with Crippen molar-refractivity contribution >= 4 is 30.5 Å². The van der Waals surface area contributed by atoms with E-state index in [4.69, 9.17) is 10.5 Å². The molecule has 1 aliphatic rings. The van der Waals surface area contributed by atoms with Gasteiger partial charge in [0.05, 0.1) is 0 Å². The van der Waals surface area contributed by atoms with Gasteiger partial charge in [-0.1, -0.05) is 36.4 Å². The molecule has 1 atom stereocenters. The fourth-order valence-electron chi connectivity index (χ4n) is 4.95. The molecule has 202 valence electrons. The highest BCUT2D eigenvalue weighted by Gasteiger charge is 2.22. The summed E-state index contributed by atoms with van der Waals surface area (Å²) < 4.78 is 19.1. The van der Waals surface area contributed by atoms with Crippen LogP contribution in [0.25, 0.3) is 0 Å². The molecule has 3 N–H and O–H groups in total. The molecule has 0 bridgehead atoms. The van der Waals surface area contributed by atoms with Crippen LogP contribution >= 0.6 is 24.8 Å². The van der Waals surface area contributed by atoms with Crippen LogP contribution in [0.4, 0.5) is 10.1 Å². The van der Waals surface area contributed by atoms with Crippen LogP contribution in [-0.2, 0) is 6.42 Å². The van der Waals surface area contributed by atoms with E-state index >= 15 is 0 Å². The average molecular weight is 550 g/mol. The summed E-state index contributed by atoms with van der Waals surface area (Å²) in [5.41, 5.74) is 13.7. The predicted molar refractivity (Wildman–Crippen MR) is 155 cm³/mol. The number of benzene rings is 3. The number of ether oxygens (including phenoxy) is 1. The molecule has 1 aliphatic heterocycles. The van der Waals surface area contributed by atoms with E-state index in [0.29, 0.717) is 12.5 Å². The van der Waals surface area contributed by atoms with Crippen LogP contribution < -0.4 is 10.5 Å². The first kappa shape index (κ1) is 30.9. The first-order valence-electron chi connectivity index (χ1n) is 12.5. The van der Waals surface area contributed by atoms with Crippen LogP contribution in [0.5, 0.6) is 5.75 Å². The van der Waals surface area contributed by atoms with Crippen molar-refractivity contribution in [1.82, 2.24) is 4.90 Å². The van der Waals surface area contributed by atoms with Gasteiger partial charge in [0.15, 0.2) is 0 Å². The number of aryl methyl sites for hydroxylation is 1. The van der Waals surface area contributed by atoms with Gasteiger partial charge in [-0.3, -0.25) is 0 Å². The minimum atomic E-state index is -0.533. The van der Waals surface area contributed by atoms with E-state index in [1.807, 2.05) is 39.0 Å². The van der Waals surface area contributed by atoms with Crippen molar-refractivity contribution in [1.29, 1.82) is 0 Å². The molecule has 3 aromatic rings. The lowest BCUT2D eigenvalue weighted by Crippen LogP contribution is -2.40. The largest absolute Gasteiger partial charge is 0.491 e. The van der Waals surface area contributed by atoms with Gasteiger partial charge in [-0.2, -0.15) is 0 Å². The molecule has 0 saturated carbocycles. The van der Waals surface area contributed by atoms with Crippen molar-refractivity contribution in [2.45, 2.75) is 52.1 Å². The van der Waals surface area contributed by atoms with Gasteiger partial charge in [0.2, 0.25) is 0 Å².